The number of nitrogens with zero attached hydrogens (tertiary/aromatic N) is 1. The van der Waals surface area contributed by atoms with Crippen LogP contribution in [0.15, 0.2) is 42.5 Å². The van der Waals surface area contributed by atoms with Gasteiger partial charge in [-0.05, 0) is 36.6 Å². The molecule has 0 bridgehead atoms. The van der Waals surface area contributed by atoms with E-state index in [2.05, 4.69) is 5.32 Å². The molecule has 0 radical (unpaired) electrons. The number of hydrogen-bond donors (Lipinski definition) is 1. The molecule has 0 aliphatic rings. The van der Waals surface area contributed by atoms with Crippen LogP contribution in [-0.2, 0) is 11.2 Å². The number of para-hydroxylation sites is 1. The molecule has 0 aliphatic carbocycles. The van der Waals surface area contributed by atoms with Crippen LogP contribution in [0.2, 0.25) is 0 Å². The van der Waals surface area contributed by atoms with Gasteiger partial charge in [0.1, 0.15) is 11.4 Å². The molecule has 1 amide bonds. The Balaban J connectivity index is 2.04. The number of benzene rings is 2. The van der Waals surface area contributed by atoms with Gasteiger partial charge in [0.05, 0.1) is 4.92 Å². The first-order valence-electron chi connectivity index (χ1n) is 7.27. The van der Waals surface area contributed by atoms with Crippen molar-refractivity contribution in [3.8, 4) is 5.75 Å². The summed E-state index contributed by atoms with van der Waals surface area (Å²) in [7, 11) is 0. The van der Waals surface area contributed by atoms with E-state index in [0.29, 0.717) is 5.75 Å². The van der Waals surface area contributed by atoms with Crippen LogP contribution in [0, 0.1) is 17.0 Å². The predicted octanol–water partition coefficient (Wildman–Crippen LogP) is 3.48. The fourth-order valence-electron chi connectivity index (χ4n) is 2.16. The quantitative estimate of drug-likeness (QED) is 0.653. The summed E-state index contributed by atoms with van der Waals surface area (Å²) < 4.78 is 5.50. The third-order valence-corrected chi connectivity index (χ3v) is 3.34. The van der Waals surface area contributed by atoms with Gasteiger partial charge in [-0.3, -0.25) is 14.9 Å². The highest BCUT2D eigenvalue weighted by Crippen LogP contribution is 2.25. The van der Waals surface area contributed by atoms with Crippen LogP contribution in [0.25, 0.3) is 0 Å². The highest BCUT2D eigenvalue weighted by molar-refractivity contribution is 5.94. The lowest BCUT2D eigenvalue weighted by Crippen LogP contribution is -2.21. The van der Waals surface area contributed by atoms with Crippen molar-refractivity contribution in [2.24, 2.45) is 0 Å². The van der Waals surface area contributed by atoms with E-state index < -0.39 is 10.8 Å². The molecule has 2 aromatic carbocycles. The molecule has 0 atom stereocenters. The summed E-state index contributed by atoms with van der Waals surface area (Å²) in [6.07, 6.45) is 0.793. The monoisotopic (exact) mass is 314 g/mol. The van der Waals surface area contributed by atoms with Gasteiger partial charge in [-0.1, -0.05) is 31.2 Å². The zero-order chi connectivity index (χ0) is 16.8. The van der Waals surface area contributed by atoms with Gasteiger partial charge < -0.3 is 10.1 Å². The van der Waals surface area contributed by atoms with Crippen molar-refractivity contribution in [2.45, 2.75) is 20.3 Å². The Labute approximate surface area is 134 Å². The fraction of sp³-hybridized carbons (Fsp3) is 0.235. The van der Waals surface area contributed by atoms with E-state index in [-0.39, 0.29) is 18.0 Å². The lowest BCUT2D eigenvalue weighted by atomic mass is 10.1. The van der Waals surface area contributed by atoms with E-state index >= 15 is 0 Å². The number of anilines is 1. The normalized spacial score (nSPS) is 10.2. The number of nitro groups is 1. The largest absolute Gasteiger partial charge is 0.483 e. The first-order chi connectivity index (χ1) is 11.0. The lowest BCUT2D eigenvalue weighted by molar-refractivity contribution is -0.384. The Bertz CT molecular complexity index is 728. The molecule has 120 valence electrons. The second-order valence-corrected chi connectivity index (χ2v) is 5.08. The van der Waals surface area contributed by atoms with Crippen molar-refractivity contribution < 1.29 is 14.5 Å². The number of aryl methyl sites for hydroxylation is 2. The summed E-state index contributed by atoms with van der Waals surface area (Å²) >= 11 is 0. The van der Waals surface area contributed by atoms with Crippen LogP contribution < -0.4 is 10.1 Å². The topological polar surface area (TPSA) is 81.5 Å². The number of hydrogen-bond acceptors (Lipinski definition) is 4. The Morgan fingerprint density at radius 2 is 2.00 bits per heavy atom. The van der Waals surface area contributed by atoms with Gasteiger partial charge in [0.2, 0.25) is 0 Å². The number of carbonyl (C=O) groups excluding carboxylic acids is 1. The smallest absolute Gasteiger partial charge is 0.293 e. The van der Waals surface area contributed by atoms with Gasteiger partial charge in [0, 0.05) is 6.07 Å². The SMILES string of the molecule is CCc1ccccc1OCC(=O)Nc1ccc(C)cc1[N+](=O)[O-]. The van der Waals surface area contributed by atoms with Gasteiger partial charge in [0.25, 0.3) is 11.6 Å². The number of ether oxygens (including phenoxy) is 1. The summed E-state index contributed by atoms with van der Waals surface area (Å²) in [5, 5.41) is 13.6. The molecule has 0 aromatic heterocycles. The first-order valence-corrected chi connectivity index (χ1v) is 7.27. The van der Waals surface area contributed by atoms with E-state index in [1.54, 1.807) is 19.1 Å². The maximum atomic E-state index is 12.0. The summed E-state index contributed by atoms with van der Waals surface area (Å²) in [5.41, 5.74) is 1.79. The van der Waals surface area contributed by atoms with Gasteiger partial charge >= 0.3 is 0 Å². The van der Waals surface area contributed by atoms with E-state index in [0.717, 1.165) is 17.5 Å². The van der Waals surface area contributed by atoms with E-state index in [4.69, 9.17) is 4.74 Å². The lowest BCUT2D eigenvalue weighted by Gasteiger charge is -2.11. The highest BCUT2D eigenvalue weighted by atomic mass is 16.6. The minimum absolute atomic E-state index is 0.132. The number of amides is 1. The maximum Gasteiger partial charge on any atom is 0.293 e. The number of nitrogens with one attached hydrogen (secondary N) is 1. The Hall–Kier alpha value is -2.89. The standard InChI is InChI=1S/C17H18N2O4/c1-3-13-6-4-5-7-16(13)23-11-17(20)18-14-9-8-12(2)10-15(14)19(21)22/h4-10H,3,11H2,1-2H3,(H,18,20). The minimum atomic E-state index is -0.518. The molecular weight excluding hydrogens is 296 g/mol. The number of rotatable bonds is 6. The van der Waals surface area contributed by atoms with Gasteiger partial charge in [-0.25, -0.2) is 0 Å². The average Bonchev–Trinajstić information content (AvgIpc) is 2.54. The van der Waals surface area contributed by atoms with Crippen molar-refractivity contribution in [1.29, 1.82) is 0 Å². The van der Waals surface area contributed by atoms with Crippen molar-refractivity contribution >= 4 is 17.3 Å². The van der Waals surface area contributed by atoms with Crippen molar-refractivity contribution in [1.82, 2.24) is 0 Å². The molecule has 2 rings (SSSR count). The summed E-state index contributed by atoms with van der Waals surface area (Å²) in [6.45, 7) is 3.55. The molecule has 0 aliphatic heterocycles. The summed E-state index contributed by atoms with van der Waals surface area (Å²) in [4.78, 5) is 22.5. The molecule has 0 saturated carbocycles. The van der Waals surface area contributed by atoms with Crippen molar-refractivity contribution in [2.75, 3.05) is 11.9 Å². The van der Waals surface area contributed by atoms with E-state index in [1.807, 2.05) is 25.1 Å². The zero-order valence-electron chi connectivity index (χ0n) is 13.0. The van der Waals surface area contributed by atoms with Gasteiger partial charge in [-0.15, -0.1) is 0 Å². The molecule has 0 saturated heterocycles. The fourth-order valence-corrected chi connectivity index (χ4v) is 2.16. The summed E-state index contributed by atoms with van der Waals surface area (Å²) in [6, 6.07) is 12.1. The molecule has 0 fully saturated rings. The summed E-state index contributed by atoms with van der Waals surface area (Å²) in [5.74, 6) is 0.200. The van der Waals surface area contributed by atoms with Crippen LogP contribution in [0.4, 0.5) is 11.4 Å². The highest BCUT2D eigenvalue weighted by Gasteiger charge is 2.16. The van der Waals surface area contributed by atoms with E-state index in [1.165, 1.54) is 12.1 Å². The second kappa shape index (κ2) is 7.40. The van der Waals surface area contributed by atoms with Gasteiger partial charge in [-0.2, -0.15) is 0 Å². The Kier molecular flexibility index (Phi) is 5.30. The number of nitro benzene ring substituents is 1. The molecule has 0 heterocycles. The third kappa shape index (κ3) is 4.29. The molecule has 0 spiro atoms. The molecule has 2 aromatic rings. The molecular formula is C17H18N2O4. The first kappa shape index (κ1) is 16.5. The number of carbonyl (C=O) groups is 1. The maximum absolute atomic E-state index is 12.0. The Morgan fingerprint density at radius 1 is 1.26 bits per heavy atom. The van der Waals surface area contributed by atoms with E-state index in [9.17, 15) is 14.9 Å². The second-order valence-electron chi connectivity index (χ2n) is 5.08. The predicted molar refractivity (Wildman–Crippen MR) is 87.8 cm³/mol. The Morgan fingerprint density at radius 3 is 2.70 bits per heavy atom. The van der Waals surface area contributed by atoms with Crippen molar-refractivity contribution in [3.63, 3.8) is 0 Å². The third-order valence-electron chi connectivity index (χ3n) is 3.34. The van der Waals surface area contributed by atoms with Crippen LogP contribution in [0.3, 0.4) is 0 Å². The zero-order valence-corrected chi connectivity index (χ0v) is 13.0. The molecule has 1 N–H and O–H groups in total. The van der Waals surface area contributed by atoms with Crippen LogP contribution >= 0.6 is 0 Å². The van der Waals surface area contributed by atoms with Crippen molar-refractivity contribution in [3.05, 3.63) is 63.7 Å². The molecule has 6 nitrogen and oxygen atoms in total. The van der Waals surface area contributed by atoms with Crippen LogP contribution in [0.5, 0.6) is 5.75 Å². The molecule has 23 heavy (non-hydrogen) atoms. The van der Waals surface area contributed by atoms with Crippen LogP contribution in [0.1, 0.15) is 18.1 Å². The minimum Gasteiger partial charge on any atom is -0.483 e. The average molecular weight is 314 g/mol. The van der Waals surface area contributed by atoms with Crippen LogP contribution in [-0.4, -0.2) is 17.4 Å². The molecule has 6 heteroatoms. The molecule has 0 unspecified atom stereocenters. The van der Waals surface area contributed by atoms with Gasteiger partial charge in [0.15, 0.2) is 6.61 Å².